The summed E-state index contributed by atoms with van der Waals surface area (Å²) in [4.78, 5) is 11.7. The summed E-state index contributed by atoms with van der Waals surface area (Å²) in [5, 5.41) is -0.211. The van der Waals surface area contributed by atoms with Gasteiger partial charge in [-0.1, -0.05) is 41.4 Å². The largest absolute Gasteiger partial charge is 0.495 e. The molecule has 0 atom stereocenters. The molecule has 9 heteroatoms. The van der Waals surface area contributed by atoms with E-state index < -0.39 is 22.5 Å². The van der Waals surface area contributed by atoms with Crippen LogP contribution in [0.3, 0.4) is 0 Å². The van der Waals surface area contributed by atoms with Gasteiger partial charge in [-0.2, -0.15) is 0 Å². The van der Waals surface area contributed by atoms with E-state index in [1.165, 1.54) is 26.4 Å². The number of rotatable bonds is 6. The SMILES string of the molecule is COC(=O)CN(c1c(C)cccc1C)S(=O)(=O)c1ccc(OC)c(Cl)c1Cl. The standard InChI is InChI=1S/C18H19Cl2NO5S/c1-11-6-5-7-12(2)18(11)21(10-15(22)26-4)27(23,24)14-9-8-13(25-3)16(19)17(14)20/h5-9H,10H2,1-4H3. The number of para-hydroxylation sites is 1. The number of sulfonamides is 1. The van der Waals surface area contributed by atoms with Gasteiger partial charge in [0.05, 0.1) is 24.9 Å². The minimum Gasteiger partial charge on any atom is -0.495 e. The third kappa shape index (κ3) is 4.15. The molecule has 0 saturated heterocycles. The Morgan fingerprint density at radius 2 is 1.63 bits per heavy atom. The van der Waals surface area contributed by atoms with Crippen LogP contribution in [0.2, 0.25) is 10.0 Å². The number of benzene rings is 2. The molecule has 0 aliphatic heterocycles. The quantitative estimate of drug-likeness (QED) is 0.646. The Hall–Kier alpha value is -1.96. The number of hydrogen-bond donors (Lipinski definition) is 0. The third-order valence-corrected chi connectivity index (χ3v) is 6.75. The fraction of sp³-hybridized carbons (Fsp3) is 0.278. The van der Waals surface area contributed by atoms with Gasteiger partial charge in [-0.15, -0.1) is 0 Å². The van der Waals surface area contributed by atoms with Crippen LogP contribution in [-0.2, 0) is 19.6 Å². The molecule has 0 saturated carbocycles. The van der Waals surface area contributed by atoms with Crippen molar-refractivity contribution in [2.75, 3.05) is 25.1 Å². The van der Waals surface area contributed by atoms with E-state index in [-0.39, 0.29) is 20.7 Å². The van der Waals surface area contributed by atoms with Gasteiger partial charge in [-0.05, 0) is 37.1 Å². The normalized spacial score (nSPS) is 11.2. The second-order valence-corrected chi connectivity index (χ2v) is 8.31. The predicted octanol–water partition coefficient (Wildman–Crippen LogP) is 3.99. The highest BCUT2D eigenvalue weighted by atomic mass is 35.5. The van der Waals surface area contributed by atoms with Gasteiger partial charge in [-0.25, -0.2) is 8.42 Å². The van der Waals surface area contributed by atoms with Crippen LogP contribution in [0.5, 0.6) is 5.75 Å². The number of methoxy groups -OCH3 is 2. The predicted molar refractivity (Wildman–Crippen MR) is 105 cm³/mol. The highest BCUT2D eigenvalue weighted by Gasteiger charge is 2.32. The molecule has 27 heavy (non-hydrogen) atoms. The Kier molecular flexibility index (Phi) is 6.62. The fourth-order valence-corrected chi connectivity index (χ4v) is 5.01. The van der Waals surface area contributed by atoms with Crippen molar-refractivity contribution >= 4 is 44.9 Å². The Bertz CT molecular complexity index is 956. The van der Waals surface area contributed by atoms with E-state index >= 15 is 0 Å². The minimum absolute atomic E-state index is 0.0280. The van der Waals surface area contributed by atoms with Crippen molar-refractivity contribution in [2.24, 2.45) is 0 Å². The Morgan fingerprint density at radius 3 is 2.15 bits per heavy atom. The molecule has 0 heterocycles. The van der Waals surface area contributed by atoms with E-state index in [1.54, 1.807) is 32.0 Å². The fourth-order valence-electron chi connectivity index (χ4n) is 2.65. The van der Waals surface area contributed by atoms with Gasteiger partial charge in [0.2, 0.25) is 0 Å². The molecule has 0 spiro atoms. The van der Waals surface area contributed by atoms with Crippen LogP contribution in [0.1, 0.15) is 11.1 Å². The first-order chi connectivity index (χ1) is 12.6. The summed E-state index contributed by atoms with van der Waals surface area (Å²) in [6.07, 6.45) is 0. The minimum atomic E-state index is -4.22. The Morgan fingerprint density at radius 1 is 1.04 bits per heavy atom. The van der Waals surface area contributed by atoms with Gasteiger partial charge in [0.25, 0.3) is 10.0 Å². The molecular formula is C18H19Cl2NO5S. The first kappa shape index (κ1) is 21.3. The third-order valence-electron chi connectivity index (χ3n) is 3.99. The van der Waals surface area contributed by atoms with Crippen LogP contribution >= 0.6 is 23.2 Å². The maximum absolute atomic E-state index is 13.4. The number of halogens is 2. The molecule has 6 nitrogen and oxygen atoms in total. The monoisotopic (exact) mass is 431 g/mol. The first-order valence-corrected chi connectivity index (χ1v) is 10.0. The van der Waals surface area contributed by atoms with Crippen molar-refractivity contribution in [2.45, 2.75) is 18.7 Å². The molecule has 2 aromatic rings. The second kappa shape index (κ2) is 8.37. The van der Waals surface area contributed by atoms with Crippen molar-refractivity contribution < 1.29 is 22.7 Å². The number of esters is 1. The molecule has 146 valence electrons. The van der Waals surface area contributed by atoms with E-state index in [1.807, 2.05) is 0 Å². The van der Waals surface area contributed by atoms with Crippen molar-refractivity contribution in [1.29, 1.82) is 0 Å². The molecule has 0 aliphatic carbocycles. The lowest BCUT2D eigenvalue weighted by Crippen LogP contribution is -2.37. The van der Waals surface area contributed by atoms with Gasteiger partial charge in [0.1, 0.15) is 22.2 Å². The molecule has 0 bridgehead atoms. The number of anilines is 1. The highest BCUT2D eigenvalue weighted by molar-refractivity contribution is 7.93. The van der Waals surface area contributed by atoms with Gasteiger partial charge in [0.15, 0.2) is 0 Å². The van der Waals surface area contributed by atoms with Crippen LogP contribution in [-0.4, -0.2) is 35.2 Å². The van der Waals surface area contributed by atoms with Crippen LogP contribution in [0.15, 0.2) is 35.2 Å². The van der Waals surface area contributed by atoms with E-state index in [0.29, 0.717) is 16.8 Å². The second-order valence-electron chi connectivity index (χ2n) is 5.72. The lowest BCUT2D eigenvalue weighted by atomic mass is 10.1. The van der Waals surface area contributed by atoms with E-state index in [9.17, 15) is 13.2 Å². The molecule has 0 unspecified atom stereocenters. The van der Waals surface area contributed by atoms with Gasteiger partial charge in [0, 0.05) is 0 Å². The Labute approximate surface area is 168 Å². The zero-order valence-corrected chi connectivity index (χ0v) is 17.6. The number of carbonyl (C=O) groups is 1. The maximum Gasteiger partial charge on any atom is 0.326 e. The lowest BCUT2D eigenvalue weighted by molar-refractivity contribution is -0.138. The van der Waals surface area contributed by atoms with Crippen molar-refractivity contribution in [3.8, 4) is 5.75 Å². The number of aryl methyl sites for hydroxylation is 2. The number of ether oxygens (including phenoxy) is 2. The lowest BCUT2D eigenvalue weighted by Gasteiger charge is -2.27. The van der Waals surface area contributed by atoms with Gasteiger partial charge in [-0.3, -0.25) is 9.10 Å². The average Bonchev–Trinajstić information content (AvgIpc) is 2.62. The van der Waals surface area contributed by atoms with E-state index in [0.717, 1.165) is 4.31 Å². The molecule has 0 N–H and O–H groups in total. The van der Waals surface area contributed by atoms with Crippen LogP contribution in [0.25, 0.3) is 0 Å². The number of hydrogen-bond acceptors (Lipinski definition) is 5. The summed E-state index contributed by atoms with van der Waals surface area (Å²) >= 11 is 12.3. The van der Waals surface area contributed by atoms with Crippen molar-refractivity contribution in [3.63, 3.8) is 0 Å². The summed E-state index contributed by atoms with van der Waals surface area (Å²) in [5.74, 6) is -0.468. The van der Waals surface area contributed by atoms with Crippen LogP contribution in [0, 0.1) is 13.8 Å². The zero-order chi connectivity index (χ0) is 20.4. The summed E-state index contributed by atoms with van der Waals surface area (Å²) in [7, 11) is -1.64. The van der Waals surface area contributed by atoms with Gasteiger partial charge >= 0.3 is 5.97 Å². The maximum atomic E-state index is 13.4. The zero-order valence-electron chi connectivity index (χ0n) is 15.2. The molecule has 0 amide bonds. The average molecular weight is 432 g/mol. The molecule has 0 fully saturated rings. The van der Waals surface area contributed by atoms with Crippen molar-refractivity contribution in [3.05, 3.63) is 51.5 Å². The first-order valence-electron chi connectivity index (χ1n) is 7.82. The van der Waals surface area contributed by atoms with Crippen LogP contribution < -0.4 is 9.04 Å². The Balaban J connectivity index is 2.72. The smallest absolute Gasteiger partial charge is 0.326 e. The summed E-state index contributed by atoms with van der Waals surface area (Å²) in [6, 6.07) is 8.01. The summed E-state index contributed by atoms with van der Waals surface area (Å²) < 4.78 is 37.5. The van der Waals surface area contributed by atoms with E-state index in [2.05, 4.69) is 4.74 Å². The van der Waals surface area contributed by atoms with Crippen LogP contribution in [0.4, 0.5) is 5.69 Å². The van der Waals surface area contributed by atoms with Crippen molar-refractivity contribution in [1.82, 2.24) is 0 Å². The summed E-state index contributed by atoms with van der Waals surface area (Å²) in [5.41, 5.74) is 1.74. The molecular weight excluding hydrogens is 413 g/mol. The number of carbonyl (C=O) groups excluding carboxylic acids is 1. The molecule has 0 aliphatic rings. The summed E-state index contributed by atoms with van der Waals surface area (Å²) in [6.45, 7) is 3.00. The molecule has 2 aromatic carbocycles. The molecule has 0 aromatic heterocycles. The van der Waals surface area contributed by atoms with Gasteiger partial charge < -0.3 is 9.47 Å². The number of nitrogens with zero attached hydrogens (tertiary/aromatic N) is 1. The highest BCUT2D eigenvalue weighted by Crippen LogP contribution is 2.39. The van der Waals surface area contributed by atoms with E-state index in [4.69, 9.17) is 27.9 Å². The molecule has 2 rings (SSSR count). The molecule has 0 radical (unpaired) electrons. The topological polar surface area (TPSA) is 72.9 Å².